The van der Waals surface area contributed by atoms with E-state index >= 15 is 0 Å². The van der Waals surface area contributed by atoms with Crippen molar-refractivity contribution in [1.82, 2.24) is 14.8 Å². The van der Waals surface area contributed by atoms with Crippen molar-refractivity contribution in [2.45, 2.75) is 40.5 Å². The lowest BCUT2D eigenvalue weighted by molar-refractivity contribution is 0.0746. The normalized spacial score (nSPS) is 14.6. The van der Waals surface area contributed by atoms with E-state index in [-0.39, 0.29) is 5.91 Å². The van der Waals surface area contributed by atoms with Gasteiger partial charge in [-0.1, -0.05) is 19.9 Å². The maximum atomic E-state index is 13.4. The zero-order chi connectivity index (χ0) is 23.1. The van der Waals surface area contributed by atoms with Crippen LogP contribution < -0.4 is 4.90 Å². The van der Waals surface area contributed by atoms with Gasteiger partial charge >= 0.3 is 0 Å². The average Bonchev–Trinajstić information content (AvgIpc) is 2.77. The summed E-state index contributed by atoms with van der Waals surface area (Å²) < 4.78 is 0. The van der Waals surface area contributed by atoms with Crippen molar-refractivity contribution in [2.24, 2.45) is 5.92 Å². The summed E-state index contributed by atoms with van der Waals surface area (Å²) >= 11 is 0. The molecular weight excluding hydrogens is 384 g/mol. The number of piperidine rings is 1. The van der Waals surface area contributed by atoms with Crippen molar-refractivity contribution in [3.8, 4) is 11.1 Å². The van der Waals surface area contributed by atoms with E-state index < -0.39 is 0 Å². The van der Waals surface area contributed by atoms with Crippen LogP contribution in [0, 0.1) is 19.8 Å². The summed E-state index contributed by atoms with van der Waals surface area (Å²) in [7, 11) is 8.16. The fraction of sp³-hybridized carbons (Fsp3) is 0.538. The first-order chi connectivity index (χ1) is 14.8. The quantitative estimate of drug-likeness (QED) is 0.686. The van der Waals surface area contributed by atoms with Gasteiger partial charge in [-0.15, -0.1) is 0 Å². The van der Waals surface area contributed by atoms with Crippen molar-refractivity contribution in [1.29, 1.82) is 0 Å². The van der Waals surface area contributed by atoms with Crippen LogP contribution in [0.25, 0.3) is 11.1 Å². The lowest BCUT2D eigenvalue weighted by Crippen LogP contribution is -2.38. The first-order valence-corrected chi connectivity index (χ1v) is 11.4. The van der Waals surface area contributed by atoms with Gasteiger partial charge in [0, 0.05) is 56.4 Å². The van der Waals surface area contributed by atoms with Crippen LogP contribution in [0.2, 0.25) is 0 Å². The van der Waals surface area contributed by atoms with E-state index in [1.807, 2.05) is 72.1 Å². The van der Waals surface area contributed by atoms with Crippen LogP contribution >= 0.6 is 0 Å². The number of aromatic nitrogens is 1. The summed E-state index contributed by atoms with van der Waals surface area (Å²) in [5.41, 5.74) is 5.93. The number of hydrogen-bond donors (Lipinski definition) is 0. The number of amides is 1. The van der Waals surface area contributed by atoms with Crippen LogP contribution in [-0.2, 0) is 0 Å². The molecule has 5 nitrogen and oxygen atoms in total. The molecule has 0 atom stereocenters. The first kappa shape index (κ1) is 24.9. The average molecular weight is 425 g/mol. The molecule has 1 fully saturated rings. The minimum atomic E-state index is 0.103. The molecule has 0 radical (unpaired) electrons. The smallest absolute Gasteiger partial charge is 0.253 e. The fourth-order valence-electron chi connectivity index (χ4n) is 4.11. The number of likely N-dealkylation sites (tertiary alicyclic amines) is 1. The minimum absolute atomic E-state index is 0.103. The molecule has 0 spiro atoms. The molecule has 0 aliphatic carbocycles. The molecule has 0 bridgehead atoms. The maximum Gasteiger partial charge on any atom is 0.253 e. The Hall–Kier alpha value is -2.40. The zero-order valence-corrected chi connectivity index (χ0v) is 20.7. The summed E-state index contributed by atoms with van der Waals surface area (Å²) in [5, 5.41) is 0. The molecule has 31 heavy (non-hydrogen) atoms. The highest BCUT2D eigenvalue weighted by atomic mass is 16.2. The molecule has 1 aromatic heterocycles. The Bertz CT molecular complexity index is 852. The van der Waals surface area contributed by atoms with E-state index in [1.54, 1.807) is 0 Å². The molecule has 170 valence electrons. The first-order valence-electron chi connectivity index (χ1n) is 11.4. The Kier molecular flexibility index (Phi) is 9.05. The van der Waals surface area contributed by atoms with Crippen LogP contribution in [-0.4, -0.2) is 68.5 Å². The third kappa shape index (κ3) is 6.30. The van der Waals surface area contributed by atoms with Crippen molar-refractivity contribution >= 4 is 11.6 Å². The van der Waals surface area contributed by atoms with Gasteiger partial charge in [-0.25, -0.2) is 0 Å². The highest BCUT2D eigenvalue weighted by molar-refractivity contribution is 5.98. The Morgan fingerprint density at radius 1 is 1.06 bits per heavy atom. The van der Waals surface area contributed by atoms with Crippen LogP contribution in [0.15, 0.2) is 30.5 Å². The second kappa shape index (κ2) is 11.3. The third-order valence-electron chi connectivity index (χ3n) is 6.05. The molecule has 2 aromatic rings. The Morgan fingerprint density at radius 3 is 2.26 bits per heavy atom. The molecule has 1 amide bonds. The second-order valence-corrected chi connectivity index (χ2v) is 8.68. The molecular formula is C26H40N4O. The zero-order valence-electron chi connectivity index (χ0n) is 20.7. The molecule has 5 heteroatoms. The minimum Gasteiger partial charge on any atom is -0.377 e. The summed E-state index contributed by atoms with van der Waals surface area (Å²) in [5.74, 6) is 0.685. The monoisotopic (exact) mass is 424 g/mol. The molecule has 1 aromatic carbocycles. The van der Waals surface area contributed by atoms with Crippen molar-refractivity contribution in [3.63, 3.8) is 0 Å². The summed E-state index contributed by atoms with van der Waals surface area (Å²) in [6.07, 6.45) is 4.20. The second-order valence-electron chi connectivity index (χ2n) is 8.68. The van der Waals surface area contributed by atoms with Crippen LogP contribution in [0.1, 0.15) is 48.3 Å². The van der Waals surface area contributed by atoms with Gasteiger partial charge in [-0.3, -0.25) is 9.78 Å². The van der Waals surface area contributed by atoms with Gasteiger partial charge in [-0.2, -0.15) is 0 Å². The molecule has 3 rings (SSSR count). The topological polar surface area (TPSA) is 39.7 Å². The highest BCUT2D eigenvalue weighted by Gasteiger charge is 2.23. The van der Waals surface area contributed by atoms with E-state index in [9.17, 15) is 4.79 Å². The maximum absolute atomic E-state index is 13.4. The largest absolute Gasteiger partial charge is 0.377 e. The summed E-state index contributed by atoms with van der Waals surface area (Å²) in [6.45, 7) is 11.1. The predicted octanol–water partition coefficient (Wildman–Crippen LogP) is 4.87. The van der Waals surface area contributed by atoms with Gasteiger partial charge in [0.1, 0.15) is 0 Å². The Labute approximate surface area is 189 Å². The SMILES string of the molecule is CC.Cc1ccc(-c2cc(C(=O)N(C)CC3CCN(C)CC3)c(C)c(N(C)C)c2)cn1. The molecule has 0 N–H and O–H groups in total. The van der Waals surface area contributed by atoms with Gasteiger partial charge < -0.3 is 14.7 Å². The van der Waals surface area contributed by atoms with Crippen molar-refractivity contribution in [3.05, 3.63) is 47.3 Å². The van der Waals surface area contributed by atoms with E-state index in [2.05, 4.69) is 34.0 Å². The van der Waals surface area contributed by atoms with E-state index in [0.29, 0.717) is 5.92 Å². The van der Waals surface area contributed by atoms with Crippen LogP contribution in [0.4, 0.5) is 5.69 Å². The summed E-state index contributed by atoms with van der Waals surface area (Å²) in [4.78, 5) is 24.2. The third-order valence-corrected chi connectivity index (χ3v) is 6.05. The number of carbonyl (C=O) groups excluding carboxylic acids is 1. The molecule has 1 saturated heterocycles. The van der Waals surface area contributed by atoms with Gasteiger partial charge in [0.05, 0.1) is 0 Å². The number of carbonyl (C=O) groups is 1. The predicted molar refractivity (Wildman–Crippen MR) is 132 cm³/mol. The van der Waals surface area contributed by atoms with Gasteiger partial charge in [0.2, 0.25) is 0 Å². The molecule has 0 unspecified atom stereocenters. The molecule has 0 saturated carbocycles. The molecule has 1 aliphatic heterocycles. The number of nitrogens with zero attached hydrogens (tertiary/aromatic N) is 4. The highest BCUT2D eigenvalue weighted by Crippen LogP contribution is 2.31. The van der Waals surface area contributed by atoms with Crippen molar-refractivity contribution < 1.29 is 4.79 Å². The number of benzene rings is 1. The van der Waals surface area contributed by atoms with Crippen molar-refractivity contribution in [2.75, 3.05) is 52.7 Å². The summed E-state index contributed by atoms with van der Waals surface area (Å²) in [6, 6.07) is 8.26. The van der Waals surface area contributed by atoms with Crippen LogP contribution in [0.5, 0.6) is 0 Å². The number of anilines is 1. The Morgan fingerprint density at radius 2 is 1.71 bits per heavy atom. The lowest BCUT2D eigenvalue weighted by atomic mass is 9.95. The lowest BCUT2D eigenvalue weighted by Gasteiger charge is -2.32. The van der Waals surface area contributed by atoms with E-state index in [0.717, 1.165) is 66.1 Å². The van der Waals surface area contributed by atoms with E-state index in [4.69, 9.17) is 0 Å². The number of aryl methyl sites for hydroxylation is 1. The standard InChI is InChI=1S/C24H34N4O.C2H6/c1-17-7-8-20(15-25-17)21-13-22(18(2)23(14-21)26(3)4)24(29)28(6)16-19-9-11-27(5)12-10-19;1-2/h7-8,13-15,19H,9-12,16H2,1-6H3;1-2H3. The Balaban J connectivity index is 0.00000166. The van der Waals surface area contributed by atoms with Gasteiger partial charge in [0.25, 0.3) is 5.91 Å². The molecule has 1 aliphatic rings. The number of pyridine rings is 1. The van der Waals surface area contributed by atoms with Gasteiger partial charge in [-0.05, 0) is 82.1 Å². The van der Waals surface area contributed by atoms with Gasteiger partial charge in [0.15, 0.2) is 0 Å². The fourth-order valence-corrected chi connectivity index (χ4v) is 4.11. The van der Waals surface area contributed by atoms with Crippen LogP contribution in [0.3, 0.4) is 0 Å². The number of hydrogen-bond acceptors (Lipinski definition) is 4. The number of rotatable bonds is 5. The molecule has 2 heterocycles. The van der Waals surface area contributed by atoms with E-state index in [1.165, 1.54) is 0 Å².